The standard InChI is InChI=1S/C12H17N4O7P/c1-14-5-13-11-10(12(14)18)15(2)6-16(11)9-3-7(17)8(23-9)4-22-24(19,20)21/h5-9,17H,3-4H2,1-2H3,(H-,19,20,21)/p+1/t7-,8+,9+/m0/s1. The van der Waals surface area contributed by atoms with Gasteiger partial charge >= 0.3 is 13.5 Å². The van der Waals surface area contributed by atoms with E-state index in [-0.39, 0.29) is 12.0 Å². The topological polar surface area (TPSA) is 140 Å². The van der Waals surface area contributed by atoms with Crippen LogP contribution in [0.3, 0.4) is 0 Å². The molecule has 0 aromatic carbocycles. The first-order valence-corrected chi connectivity index (χ1v) is 8.66. The van der Waals surface area contributed by atoms with Crippen molar-refractivity contribution < 1.29 is 33.3 Å². The van der Waals surface area contributed by atoms with Gasteiger partial charge in [-0.1, -0.05) is 4.98 Å². The van der Waals surface area contributed by atoms with Crippen LogP contribution in [0.4, 0.5) is 0 Å². The molecule has 3 heterocycles. The van der Waals surface area contributed by atoms with Crippen LogP contribution < -0.4 is 10.1 Å². The summed E-state index contributed by atoms with van der Waals surface area (Å²) in [6.45, 7) is -0.442. The highest BCUT2D eigenvalue weighted by atomic mass is 31.2. The van der Waals surface area contributed by atoms with Gasteiger partial charge in [0, 0.05) is 13.5 Å². The summed E-state index contributed by atoms with van der Waals surface area (Å²) in [7, 11) is -1.35. The van der Waals surface area contributed by atoms with Crippen LogP contribution in [-0.2, 0) is 27.9 Å². The smallest absolute Gasteiger partial charge is 0.390 e. The van der Waals surface area contributed by atoms with Crippen LogP contribution >= 0.6 is 7.82 Å². The first-order chi connectivity index (χ1) is 11.2. The van der Waals surface area contributed by atoms with E-state index in [4.69, 9.17) is 14.5 Å². The molecular weight excluding hydrogens is 343 g/mol. The Morgan fingerprint density at radius 2 is 2.17 bits per heavy atom. The number of phosphoric acid groups is 1. The minimum absolute atomic E-state index is 0.176. The van der Waals surface area contributed by atoms with E-state index in [2.05, 4.69) is 9.51 Å². The van der Waals surface area contributed by atoms with E-state index in [9.17, 15) is 14.5 Å². The average molecular weight is 361 g/mol. The van der Waals surface area contributed by atoms with E-state index in [1.165, 1.54) is 10.9 Å². The van der Waals surface area contributed by atoms with Gasteiger partial charge in [0.1, 0.15) is 6.10 Å². The van der Waals surface area contributed by atoms with Gasteiger partial charge in [0.05, 0.1) is 19.8 Å². The van der Waals surface area contributed by atoms with Crippen LogP contribution in [0.15, 0.2) is 17.4 Å². The molecule has 3 rings (SSSR count). The molecule has 1 aliphatic heterocycles. The number of ether oxygens (including phenoxy) is 1. The molecule has 1 saturated heterocycles. The number of hydrogen-bond acceptors (Lipinski definition) is 6. The van der Waals surface area contributed by atoms with Crippen molar-refractivity contribution in [1.82, 2.24) is 14.1 Å². The molecule has 24 heavy (non-hydrogen) atoms. The number of rotatable bonds is 4. The molecule has 2 aromatic heterocycles. The Hall–Kier alpha value is -1.62. The third-order valence-electron chi connectivity index (χ3n) is 3.90. The Labute approximate surface area is 135 Å². The summed E-state index contributed by atoms with van der Waals surface area (Å²) in [5.74, 6) is 0. The molecule has 1 fully saturated rings. The zero-order valence-electron chi connectivity index (χ0n) is 13.0. The number of phosphoric ester groups is 1. The van der Waals surface area contributed by atoms with E-state index in [1.54, 1.807) is 29.6 Å². The molecule has 3 atom stereocenters. The summed E-state index contributed by atoms with van der Waals surface area (Å²) in [5, 5.41) is 10.0. The maximum absolute atomic E-state index is 12.2. The highest BCUT2D eigenvalue weighted by Crippen LogP contribution is 2.37. The van der Waals surface area contributed by atoms with Gasteiger partial charge in [-0.25, -0.2) is 9.13 Å². The first kappa shape index (κ1) is 17.2. The van der Waals surface area contributed by atoms with Gasteiger partial charge in [-0.15, -0.1) is 0 Å². The maximum Gasteiger partial charge on any atom is 0.469 e. The molecule has 11 nitrogen and oxygen atoms in total. The lowest BCUT2D eigenvalue weighted by Gasteiger charge is -2.14. The lowest BCUT2D eigenvalue weighted by Crippen LogP contribution is -2.39. The van der Waals surface area contributed by atoms with Gasteiger partial charge in [0.2, 0.25) is 5.52 Å². The van der Waals surface area contributed by atoms with Crippen molar-refractivity contribution in [3.05, 3.63) is 23.0 Å². The van der Waals surface area contributed by atoms with Gasteiger partial charge in [-0.3, -0.25) is 18.5 Å². The molecular formula is C12H18N4O7P+. The predicted octanol–water partition coefficient (Wildman–Crippen LogP) is -1.68. The lowest BCUT2D eigenvalue weighted by atomic mass is 10.2. The third-order valence-corrected chi connectivity index (χ3v) is 4.39. The second-order valence-electron chi connectivity index (χ2n) is 5.69. The summed E-state index contributed by atoms with van der Waals surface area (Å²) in [6, 6.07) is 0. The number of aromatic nitrogens is 4. The van der Waals surface area contributed by atoms with Crippen LogP contribution in [0, 0.1) is 0 Å². The molecule has 3 N–H and O–H groups in total. The van der Waals surface area contributed by atoms with E-state index in [0.29, 0.717) is 11.2 Å². The number of fused-ring (bicyclic) bond motifs is 1. The summed E-state index contributed by atoms with van der Waals surface area (Å²) < 4.78 is 25.4. The molecule has 0 spiro atoms. The quantitative estimate of drug-likeness (QED) is 0.433. The Bertz CT molecular complexity index is 872. The van der Waals surface area contributed by atoms with Crippen molar-refractivity contribution in [1.29, 1.82) is 0 Å². The van der Waals surface area contributed by atoms with E-state index < -0.39 is 32.9 Å². The molecule has 0 saturated carbocycles. The molecule has 1 aliphatic rings. The van der Waals surface area contributed by atoms with Crippen molar-refractivity contribution >= 4 is 19.0 Å². The lowest BCUT2D eigenvalue weighted by molar-refractivity contribution is -0.739. The van der Waals surface area contributed by atoms with Gasteiger partial charge in [-0.2, -0.15) is 0 Å². The van der Waals surface area contributed by atoms with Crippen LogP contribution in [-0.4, -0.2) is 47.8 Å². The normalized spacial score (nSPS) is 24.8. The van der Waals surface area contributed by atoms with Gasteiger partial charge in [0.25, 0.3) is 5.56 Å². The molecule has 0 amide bonds. The SMILES string of the molecule is Cn1cnc2c(c1=O)n(C)c[n+]2[C@H]1C[C@H](O)[C@@H](COP(=O)(O)O)O1. The van der Waals surface area contributed by atoms with Crippen molar-refractivity contribution in [2.45, 2.75) is 24.9 Å². The fourth-order valence-electron chi connectivity index (χ4n) is 2.73. The van der Waals surface area contributed by atoms with Crippen molar-refractivity contribution in [2.75, 3.05) is 6.61 Å². The average Bonchev–Trinajstić information content (AvgIpc) is 3.01. The Balaban J connectivity index is 1.88. The summed E-state index contributed by atoms with van der Waals surface area (Å²) >= 11 is 0. The van der Waals surface area contributed by atoms with Gasteiger partial charge in [0.15, 0.2) is 18.9 Å². The number of nitrogens with zero attached hydrogens (tertiary/aromatic N) is 4. The number of aliphatic hydroxyl groups is 1. The van der Waals surface area contributed by atoms with Crippen molar-refractivity contribution in [3.8, 4) is 0 Å². The molecule has 0 unspecified atom stereocenters. The number of aliphatic hydroxyl groups excluding tert-OH is 1. The zero-order chi connectivity index (χ0) is 17.6. The maximum atomic E-state index is 12.2. The number of aryl methyl sites for hydroxylation is 2. The zero-order valence-corrected chi connectivity index (χ0v) is 13.9. The molecule has 2 aromatic rings. The Morgan fingerprint density at radius 3 is 2.83 bits per heavy atom. The summed E-state index contributed by atoms with van der Waals surface area (Å²) in [6.07, 6.45) is 0.709. The summed E-state index contributed by atoms with van der Waals surface area (Å²) in [4.78, 5) is 33.9. The predicted molar refractivity (Wildman–Crippen MR) is 78.7 cm³/mol. The van der Waals surface area contributed by atoms with Crippen LogP contribution in [0.25, 0.3) is 11.2 Å². The number of imidazole rings is 1. The molecule has 12 heteroatoms. The first-order valence-electron chi connectivity index (χ1n) is 7.13. The second-order valence-corrected chi connectivity index (χ2v) is 6.92. The molecule has 0 aliphatic carbocycles. The van der Waals surface area contributed by atoms with Crippen LogP contribution in [0.2, 0.25) is 0 Å². The third kappa shape index (κ3) is 3.14. The Kier molecular flexibility index (Phi) is 4.32. The van der Waals surface area contributed by atoms with Crippen molar-refractivity contribution in [2.24, 2.45) is 14.1 Å². The fourth-order valence-corrected chi connectivity index (χ4v) is 3.07. The second kappa shape index (κ2) is 6.03. The summed E-state index contributed by atoms with van der Waals surface area (Å²) in [5.41, 5.74) is 0.559. The van der Waals surface area contributed by atoms with Gasteiger partial charge in [-0.05, 0) is 0 Å². The minimum Gasteiger partial charge on any atom is -0.390 e. The number of hydrogen-bond donors (Lipinski definition) is 3. The van der Waals surface area contributed by atoms with Gasteiger partial charge < -0.3 is 19.6 Å². The van der Waals surface area contributed by atoms with Crippen LogP contribution in [0.1, 0.15) is 12.6 Å². The molecule has 0 radical (unpaired) electrons. The molecule has 132 valence electrons. The highest BCUT2D eigenvalue weighted by molar-refractivity contribution is 7.46. The largest absolute Gasteiger partial charge is 0.469 e. The highest BCUT2D eigenvalue weighted by Gasteiger charge is 2.40. The Morgan fingerprint density at radius 1 is 1.46 bits per heavy atom. The van der Waals surface area contributed by atoms with E-state index in [0.717, 1.165) is 0 Å². The molecule has 0 bridgehead atoms. The fraction of sp³-hybridized carbons (Fsp3) is 0.583. The van der Waals surface area contributed by atoms with E-state index in [1.807, 2.05) is 0 Å². The minimum atomic E-state index is -4.64. The van der Waals surface area contributed by atoms with Crippen LogP contribution in [0.5, 0.6) is 0 Å². The van der Waals surface area contributed by atoms with E-state index >= 15 is 0 Å². The van der Waals surface area contributed by atoms with Crippen molar-refractivity contribution in [3.63, 3.8) is 0 Å². The monoisotopic (exact) mass is 361 g/mol.